The second-order valence-electron chi connectivity index (χ2n) is 7.21. The summed E-state index contributed by atoms with van der Waals surface area (Å²) in [6.07, 6.45) is 1.20. The second-order valence-corrected chi connectivity index (χ2v) is 7.65. The van der Waals surface area contributed by atoms with Crippen LogP contribution in [-0.2, 0) is 11.2 Å². The number of amides is 1. The van der Waals surface area contributed by atoms with Crippen LogP contribution in [0.25, 0.3) is 11.1 Å². The van der Waals surface area contributed by atoms with E-state index in [-0.39, 0.29) is 28.2 Å². The summed E-state index contributed by atoms with van der Waals surface area (Å²) in [6.45, 7) is 1.45. The van der Waals surface area contributed by atoms with Crippen LogP contribution in [0.4, 0.5) is 5.69 Å². The number of carbonyl (C=O) groups is 1. The maximum absolute atomic E-state index is 13.0. The lowest BCUT2D eigenvalue weighted by molar-refractivity contribution is -0.119. The van der Waals surface area contributed by atoms with E-state index in [1.54, 1.807) is 26.4 Å². The standard InChI is InChI=1S/C22H26N4O5S/c1-11(27)24-15-7-5-12-9-18(29-2)20(30-3)21(31-4)19(12)13-6-8-16(25-26-22(23)32)17(28)10-14(13)15/h6,8-10,15H,5,7H2,1-4H3,(H,24,27)(H,25,28)(H3,23,26,32)/t15-/m0/s1. The van der Waals surface area contributed by atoms with Crippen LogP contribution >= 0.6 is 12.2 Å². The molecule has 0 aliphatic heterocycles. The molecule has 0 radical (unpaired) electrons. The number of ether oxygens (including phenoxy) is 3. The number of nitrogens with two attached hydrogens (primary N) is 1. The third-order valence-electron chi connectivity index (χ3n) is 5.24. The zero-order valence-electron chi connectivity index (χ0n) is 18.3. The van der Waals surface area contributed by atoms with E-state index in [1.807, 2.05) is 6.07 Å². The number of benzene rings is 1. The van der Waals surface area contributed by atoms with Crippen molar-refractivity contribution in [1.82, 2.24) is 10.7 Å². The van der Waals surface area contributed by atoms with Gasteiger partial charge in [-0.05, 0) is 59.9 Å². The van der Waals surface area contributed by atoms with E-state index in [1.165, 1.54) is 20.1 Å². The largest absolute Gasteiger partial charge is 0.493 e. The van der Waals surface area contributed by atoms with Gasteiger partial charge in [-0.15, -0.1) is 0 Å². The fourth-order valence-electron chi connectivity index (χ4n) is 3.94. The van der Waals surface area contributed by atoms with Crippen molar-refractivity contribution in [2.24, 2.45) is 5.73 Å². The number of hydrazine groups is 1. The molecule has 1 aliphatic carbocycles. The van der Waals surface area contributed by atoms with Crippen LogP contribution < -0.4 is 41.5 Å². The maximum atomic E-state index is 13.0. The smallest absolute Gasteiger partial charge is 0.217 e. The fraction of sp³-hybridized carbons (Fsp3) is 0.318. The number of nitrogens with one attached hydrogen (secondary N) is 3. The van der Waals surface area contributed by atoms with E-state index in [9.17, 15) is 9.59 Å². The van der Waals surface area contributed by atoms with Crippen molar-refractivity contribution in [2.45, 2.75) is 25.8 Å². The van der Waals surface area contributed by atoms with E-state index in [4.69, 9.17) is 32.2 Å². The summed E-state index contributed by atoms with van der Waals surface area (Å²) < 4.78 is 16.8. The minimum absolute atomic E-state index is 0.00237. The van der Waals surface area contributed by atoms with E-state index < -0.39 is 0 Å². The van der Waals surface area contributed by atoms with Gasteiger partial charge in [0.25, 0.3) is 0 Å². The van der Waals surface area contributed by atoms with Crippen LogP contribution in [0.2, 0.25) is 0 Å². The lowest BCUT2D eigenvalue weighted by Gasteiger charge is -2.19. The molecule has 0 saturated heterocycles. The highest BCUT2D eigenvalue weighted by Gasteiger charge is 2.29. The first-order chi connectivity index (χ1) is 15.3. The minimum Gasteiger partial charge on any atom is -0.493 e. The highest BCUT2D eigenvalue weighted by atomic mass is 32.1. The number of methoxy groups -OCH3 is 3. The van der Waals surface area contributed by atoms with Crippen LogP contribution in [0, 0.1) is 0 Å². The third kappa shape index (κ3) is 4.54. The molecule has 2 aromatic carbocycles. The molecule has 10 heteroatoms. The molecule has 0 bridgehead atoms. The molecule has 9 nitrogen and oxygen atoms in total. The number of aryl methyl sites for hydroxylation is 1. The van der Waals surface area contributed by atoms with Crippen LogP contribution in [0.3, 0.4) is 0 Å². The molecule has 0 fully saturated rings. The summed E-state index contributed by atoms with van der Waals surface area (Å²) in [4.78, 5) is 24.9. The first-order valence-corrected chi connectivity index (χ1v) is 10.3. The van der Waals surface area contributed by atoms with Gasteiger partial charge < -0.3 is 25.3 Å². The van der Waals surface area contributed by atoms with Crippen molar-refractivity contribution < 1.29 is 19.0 Å². The Labute approximate surface area is 191 Å². The monoisotopic (exact) mass is 458 g/mol. The molecule has 3 rings (SSSR count). The molecule has 0 heterocycles. The summed E-state index contributed by atoms with van der Waals surface area (Å²) in [6, 6.07) is 6.45. The third-order valence-corrected chi connectivity index (χ3v) is 5.34. The molecule has 0 spiro atoms. The molecule has 5 N–H and O–H groups in total. The van der Waals surface area contributed by atoms with E-state index in [2.05, 4.69) is 16.2 Å². The van der Waals surface area contributed by atoms with E-state index in [0.717, 1.165) is 16.7 Å². The zero-order chi connectivity index (χ0) is 23.4. The van der Waals surface area contributed by atoms with Crippen LogP contribution in [0.15, 0.2) is 29.1 Å². The van der Waals surface area contributed by atoms with Gasteiger partial charge in [-0.2, -0.15) is 0 Å². The Kier molecular flexibility index (Phi) is 7.04. The molecule has 0 saturated carbocycles. The molecule has 1 atom stereocenters. The van der Waals surface area contributed by atoms with Gasteiger partial charge >= 0.3 is 0 Å². The Balaban J connectivity index is 2.34. The second kappa shape index (κ2) is 9.73. The van der Waals surface area contributed by atoms with Crippen molar-refractivity contribution in [1.29, 1.82) is 0 Å². The van der Waals surface area contributed by atoms with Crippen molar-refractivity contribution in [3.63, 3.8) is 0 Å². The van der Waals surface area contributed by atoms with Crippen molar-refractivity contribution >= 4 is 28.9 Å². The quantitative estimate of drug-likeness (QED) is 0.380. The van der Waals surface area contributed by atoms with Crippen molar-refractivity contribution in [3.8, 4) is 28.4 Å². The number of carbonyl (C=O) groups excluding carboxylic acids is 1. The number of thiocarbonyl (C=S) groups is 1. The van der Waals surface area contributed by atoms with Gasteiger partial charge in [0.2, 0.25) is 17.1 Å². The number of hydrogen-bond acceptors (Lipinski definition) is 7. The molecule has 0 unspecified atom stereocenters. The van der Waals surface area contributed by atoms with Crippen LogP contribution in [-0.4, -0.2) is 32.3 Å². The number of hydrogen-bond donors (Lipinski definition) is 4. The Morgan fingerprint density at radius 3 is 2.44 bits per heavy atom. The predicted molar refractivity (Wildman–Crippen MR) is 126 cm³/mol. The average Bonchev–Trinajstić information content (AvgIpc) is 2.99. The summed E-state index contributed by atoms with van der Waals surface area (Å²) >= 11 is 4.80. The molecule has 1 aliphatic rings. The van der Waals surface area contributed by atoms with E-state index >= 15 is 0 Å². The van der Waals surface area contributed by atoms with Crippen molar-refractivity contribution in [2.75, 3.05) is 26.8 Å². The highest BCUT2D eigenvalue weighted by Crippen LogP contribution is 2.50. The number of fused-ring (bicyclic) bond motifs is 3. The Morgan fingerprint density at radius 1 is 1.12 bits per heavy atom. The van der Waals surface area contributed by atoms with Crippen molar-refractivity contribution in [3.05, 3.63) is 45.6 Å². The lowest BCUT2D eigenvalue weighted by atomic mass is 9.95. The Morgan fingerprint density at radius 2 is 1.84 bits per heavy atom. The van der Waals surface area contributed by atoms with E-state index in [0.29, 0.717) is 35.7 Å². The number of anilines is 1. The van der Waals surface area contributed by atoms with Gasteiger partial charge in [0.15, 0.2) is 16.6 Å². The fourth-order valence-corrected chi connectivity index (χ4v) is 3.99. The lowest BCUT2D eigenvalue weighted by Crippen LogP contribution is -2.35. The summed E-state index contributed by atoms with van der Waals surface area (Å²) in [5.41, 5.74) is 13.8. The molecule has 2 aromatic rings. The normalized spacial score (nSPS) is 14.2. The summed E-state index contributed by atoms with van der Waals surface area (Å²) in [5, 5.41) is 2.96. The molecule has 32 heavy (non-hydrogen) atoms. The Bertz CT molecular complexity index is 1120. The van der Waals surface area contributed by atoms with Gasteiger partial charge in [-0.3, -0.25) is 20.4 Å². The van der Waals surface area contributed by atoms with Gasteiger partial charge in [0, 0.05) is 12.5 Å². The maximum Gasteiger partial charge on any atom is 0.217 e. The van der Waals surface area contributed by atoms with Gasteiger partial charge in [-0.1, -0.05) is 6.07 Å². The average molecular weight is 459 g/mol. The highest BCUT2D eigenvalue weighted by molar-refractivity contribution is 7.80. The zero-order valence-corrected chi connectivity index (χ0v) is 19.1. The molecular formula is C22H26N4O5S. The van der Waals surface area contributed by atoms with Gasteiger partial charge in [-0.25, -0.2) is 0 Å². The molecule has 1 amide bonds. The molecule has 0 aromatic heterocycles. The van der Waals surface area contributed by atoms with Gasteiger partial charge in [0.1, 0.15) is 5.69 Å². The van der Waals surface area contributed by atoms with Gasteiger partial charge in [0.05, 0.1) is 27.4 Å². The topological polar surface area (TPSA) is 124 Å². The van der Waals surface area contributed by atoms with Crippen LogP contribution in [0.5, 0.6) is 17.2 Å². The minimum atomic E-state index is -0.381. The first-order valence-electron chi connectivity index (χ1n) is 9.89. The first kappa shape index (κ1) is 23.1. The summed E-state index contributed by atoms with van der Waals surface area (Å²) in [5.74, 6) is 1.28. The molecule has 170 valence electrons. The SMILES string of the molecule is COc1cc2c(c(OC)c1OC)-c1ccc(NNC(N)=S)c(=O)cc1[C@@H](NC(C)=O)CC2. The summed E-state index contributed by atoms with van der Waals surface area (Å²) in [7, 11) is 4.65. The Hall–Kier alpha value is -3.53. The number of rotatable bonds is 6. The predicted octanol–water partition coefficient (Wildman–Crippen LogP) is 2.02. The molecular weight excluding hydrogens is 432 g/mol. The van der Waals surface area contributed by atoms with Crippen LogP contribution in [0.1, 0.15) is 30.5 Å².